The predicted molar refractivity (Wildman–Crippen MR) is 153 cm³/mol. The lowest BCUT2D eigenvalue weighted by atomic mass is 10.0. The summed E-state index contributed by atoms with van der Waals surface area (Å²) in [5, 5.41) is 4.15. The van der Waals surface area contributed by atoms with Crippen molar-refractivity contribution in [2.45, 2.75) is 64.3 Å². The minimum Gasteiger partial charge on any atom is -0.462 e. The van der Waals surface area contributed by atoms with E-state index in [2.05, 4.69) is 20.0 Å². The Morgan fingerprint density at radius 2 is 2.02 bits per heavy atom. The molecule has 1 fully saturated rings. The first-order valence-corrected chi connectivity index (χ1v) is 14.9. The standard InChI is InChI=1S/C27H32FN6O7P/c1-15(2)39-24(36)16(3)33-42(37,41-20-11-7-9-17-8-5-6-10-19(17)20)38-13-18-12-27(4,28)25(40-18)34-14-30-21-22(34)31-26(29)32-23(21)35/h5-11,14-16,18,25H,12-13H2,1-4H3,(H,33,37)(H3,29,31,32,35)/t16-,18?,25?,27?,42-/m0/s1. The molecule has 5 rings (SSSR count). The number of ether oxygens (including phenoxy) is 2. The number of aromatic amines is 1. The summed E-state index contributed by atoms with van der Waals surface area (Å²) in [7, 11) is -4.27. The molecule has 15 heteroatoms. The Hall–Kier alpha value is -3.84. The zero-order valence-electron chi connectivity index (χ0n) is 23.4. The number of esters is 1. The SMILES string of the molecule is CC(C)OC(=O)[C@H](C)N[P@](=O)(OCC1CC(C)(F)C(n2cnc3c(=O)[nH]c(N)nc32)O1)Oc1cccc2ccccc12. The number of imidazole rings is 1. The molecule has 1 aliphatic heterocycles. The predicted octanol–water partition coefficient (Wildman–Crippen LogP) is 4.00. The van der Waals surface area contributed by atoms with Crippen molar-refractivity contribution in [3.05, 3.63) is 59.1 Å². The number of hydrogen-bond acceptors (Lipinski definition) is 10. The van der Waals surface area contributed by atoms with Crippen LogP contribution in [-0.4, -0.2) is 56.0 Å². The monoisotopic (exact) mass is 602 g/mol. The van der Waals surface area contributed by atoms with Crippen LogP contribution in [0.2, 0.25) is 0 Å². The molecule has 0 saturated carbocycles. The number of rotatable bonds is 10. The summed E-state index contributed by atoms with van der Waals surface area (Å²) >= 11 is 0. The number of nitrogens with zero attached hydrogens (tertiary/aromatic N) is 3. The lowest BCUT2D eigenvalue weighted by molar-refractivity contribution is -0.149. The van der Waals surface area contributed by atoms with E-state index in [0.717, 1.165) is 5.39 Å². The van der Waals surface area contributed by atoms with Gasteiger partial charge in [-0.15, -0.1) is 0 Å². The largest absolute Gasteiger partial charge is 0.462 e. The molecule has 224 valence electrons. The average Bonchev–Trinajstić information content (AvgIpc) is 3.46. The Kier molecular flexibility index (Phi) is 8.08. The molecular formula is C27H32FN6O7P. The molecule has 0 amide bonds. The summed E-state index contributed by atoms with van der Waals surface area (Å²) in [6, 6.07) is 11.5. The molecular weight excluding hydrogens is 570 g/mol. The van der Waals surface area contributed by atoms with E-state index in [1.54, 1.807) is 32.0 Å². The van der Waals surface area contributed by atoms with Crippen LogP contribution in [0.1, 0.15) is 40.3 Å². The van der Waals surface area contributed by atoms with E-state index >= 15 is 4.39 Å². The number of fused-ring (bicyclic) bond motifs is 2. The number of hydrogen-bond donors (Lipinski definition) is 3. The van der Waals surface area contributed by atoms with Gasteiger partial charge in [0, 0.05) is 11.8 Å². The summed E-state index contributed by atoms with van der Waals surface area (Å²) < 4.78 is 54.2. The number of nitrogen functional groups attached to an aromatic ring is 1. The normalized spacial score (nSPS) is 22.8. The van der Waals surface area contributed by atoms with E-state index in [9.17, 15) is 14.2 Å². The van der Waals surface area contributed by atoms with Gasteiger partial charge in [0.25, 0.3) is 5.56 Å². The molecule has 0 bridgehead atoms. The summed E-state index contributed by atoms with van der Waals surface area (Å²) in [5.74, 6) is -0.555. The highest BCUT2D eigenvalue weighted by molar-refractivity contribution is 7.52. The van der Waals surface area contributed by atoms with Crippen LogP contribution in [-0.2, 0) is 23.4 Å². The van der Waals surface area contributed by atoms with Crippen molar-refractivity contribution in [1.29, 1.82) is 0 Å². The van der Waals surface area contributed by atoms with E-state index in [4.69, 9.17) is 24.3 Å². The Morgan fingerprint density at radius 1 is 1.29 bits per heavy atom. The van der Waals surface area contributed by atoms with Crippen molar-refractivity contribution in [3.8, 4) is 5.75 Å². The van der Waals surface area contributed by atoms with Crippen molar-refractivity contribution >= 4 is 41.6 Å². The molecule has 4 N–H and O–H groups in total. The summed E-state index contributed by atoms with van der Waals surface area (Å²) in [6.45, 7) is 5.82. The van der Waals surface area contributed by atoms with Crippen molar-refractivity contribution in [1.82, 2.24) is 24.6 Å². The second-order valence-corrected chi connectivity index (χ2v) is 12.3. The first kappa shape index (κ1) is 29.6. The fourth-order valence-electron chi connectivity index (χ4n) is 4.79. The maximum Gasteiger partial charge on any atom is 0.459 e. The van der Waals surface area contributed by atoms with Crippen LogP contribution in [0.5, 0.6) is 5.75 Å². The summed E-state index contributed by atoms with van der Waals surface area (Å²) in [6.07, 6.45) is -1.44. The Labute approximate surface area is 240 Å². The van der Waals surface area contributed by atoms with Gasteiger partial charge in [0.1, 0.15) is 11.8 Å². The van der Waals surface area contributed by atoms with E-state index < -0.39 is 49.4 Å². The smallest absolute Gasteiger partial charge is 0.459 e. The van der Waals surface area contributed by atoms with Gasteiger partial charge < -0.3 is 19.7 Å². The molecule has 1 aliphatic rings. The second-order valence-electron chi connectivity index (χ2n) is 10.6. The molecule has 0 spiro atoms. The van der Waals surface area contributed by atoms with Gasteiger partial charge in [0.15, 0.2) is 23.1 Å². The molecule has 0 radical (unpaired) electrons. The van der Waals surface area contributed by atoms with Crippen molar-refractivity contribution in [3.63, 3.8) is 0 Å². The number of alkyl halides is 1. The number of nitrogens with one attached hydrogen (secondary N) is 2. The summed E-state index contributed by atoms with van der Waals surface area (Å²) in [5.41, 5.74) is 3.18. The maximum atomic E-state index is 15.8. The molecule has 1 saturated heterocycles. The van der Waals surface area contributed by atoms with Gasteiger partial charge in [-0.05, 0) is 39.1 Å². The number of nitrogens with two attached hydrogens (primary N) is 1. The molecule has 5 atom stereocenters. The molecule has 4 aromatic rings. The molecule has 13 nitrogen and oxygen atoms in total. The van der Waals surface area contributed by atoms with Crippen LogP contribution >= 0.6 is 7.75 Å². The van der Waals surface area contributed by atoms with Crippen LogP contribution in [0.4, 0.5) is 10.3 Å². The van der Waals surface area contributed by atoms with Gasteiger partial charge in [-0.1, -0.05) is 36.4 Å². The molecule has 3 unspecified atom stereocenters. The van der Waals surface area contributed by atoms with E-state index in [-0.39, 0.29) is 35.9 Å². The molecule has 42 heavy (non-hydrogen) atoms. The lowest BCUT2D eigenvalue weighted by Gasteiger charge is -2.25. The minimum absolute atomic E-state index is 0.0252. The summed E-state index contributed by atoms with van der Waals surface area (Å²) in [4.78, 5) is 35.2. The van der Waals surface area contributed by atoms with E-state index in [1.807, 2.05) is 24.3 Å². The number of anilines is 1. The Bertz CT molecular complexity index is 1720. The number of H-pyrrole nitrogens is 1. The third-order valence-electron chi connectivity index (χ3n) is 6.62. The highest BCUT2D eigenvalue weighted by atomic mass is 31.2. The third-order valence-corrected chi connectivity index (χ3v) is 8.25. The maximum absolute atomic E-state index is 15.8. The Balaban J connectivity index is 1.38. The zero-order chi connectivity index (χ0) is 30.2. The van der Waals surface area contributed by atoms with E-state index in [1.165, 1.54) is 24.7 Å². The van der Waals surface area contributed by atoms with E-state index in [0.29, 0.717) is 5.39 Å². The molecule has 2 aromatic heterocycles. The fourth-order valence-corrected chi connectivity index (χ4v) is 6.33. The number of benzene rings is 2. The topological polar surface area (TPSA) is 173 Å². The first-order valence-electron chi connectivity index (χ1n) is 13.3. The van der Waals surface area contributed by atoms with Gasteiger partial charge in [-0.2, -0.15) is 10.1 Å². The Morgan fingerprint density at radius 3 is 2.79 bits per heavy atom. The van der Waals surface area contributed by atoms with Crippen LogP contribution in [0.25, 0.3) is 21.9 Å². The van der Waals surface area contributed by atoms with Crippen LogP contribution < -0.4 is 20.9 Å². The highest BCUT2D eigenvalue weighted by Crippen LogP contribution is 2.49. The average molecular weight is 603 g/mol. The quantitative estimate of drug-likeness (QED) is 0.177. The molecule has 2 aromatic carbocycles. The van der Waals surface area contributed by atoms with Gasteiger partial charge in [0.2, 0.25) is 5.95 Å². The van der Waals surface area contributed by atoms with Crippen molar-refractivity contribution < 1.29 is 32.3 Å². The fraction of sp³-hybridized carbons (Fsp3) is 0.407. The third kappa shape index (κ3) is 6.16. The van der Waals surface area contributed by atoms with Gasteiger partial charge >= 0.3 is 13.7 Å². The number of carbonyl (C=O) groups is 1. The van der Waals surface area contributed by atoms with Crippen LogP contribution in [0.15, 0.2) is 53.6 Å². The minimum atomic E-state index is -4.27. The van der Waals surface area contributed by atoms with Gasteiger partial charge in [0.05, 0.1) is 25.1 Å². The second kappa shape index (κ2) is 11.4. The van der Waals surface area contributed by atoms with Gasteiger partial charge in [-0.25, -0.2) is 13.9 Å². The lowest BCUT2D eigenvalue weighted by Crippen LogP contribution is -2.36. The highest BCUT2D eigenvalue weighted by Gasteiger charge is 2.48. The van der Waals surface area contributed by atoms with Crippen LogP contribution in [0, 0.1) is 0 Å². The van der Waals surface area contributed by atoms with Gasteiger partial charge in [-0.3, -0.25) is 23.7 Å². The number of aromatic nitrogens is 4. The van der Waals surface area contributed by atoms with Crippen LogP contribution in [0.3, 0.4) is 0 Å². The molecule has 3 heterocycles. The van der Waals surface area contributed by atoms with Crippen molar-refractivity contribution in [2.24, 2.45) is 0 Å². The zero-order valence-corrected chi connectivity index (χ0v) is 24.3. The molecule has 0 aliphatic carbocycles. The van der Waals surface area contributed by atoms with Crippen molar-refractivity contribution in [2.75, 3.05) is 12.3 Å². The number of carbonyl (C=O) groups excluding carboxylic acids is 1. The number of halogens is 1. The first-order chi connectivity index (χ1) is 19.8.